The summed E-state index contributed by atoms with van der Waals surface area (Å²) in [6.07, 6.45) is 2.52. The van der Waals surface area contributed by atoms with Gasteiger partial charge >= 0.3 is 5.97 Å². The highest BCUT2D eigenvalue weighted by Gasteiger charge is 2.45. The summed E-state index contributed by atoms with van der Waals surface area (Å²) in [5.41, 5.74) is -0.128. The first-order chi connectivity index (χ1) is 9.45. The molecule has 0 amide bonds. The SMILES string of the molecule is COC(=O)C1(Nc2cccc(F)c2)CC(C)CC(C)C1. The number of ether oxygens (including phenoxy) is 1. The van der Waals surface area contributed by atoms with Crippen molar-refractivity contribution in [1.82, 2.24) is 0 Å². The Morgan fingerprint density at radius 3 is 2.55 bits per heavy atom. The van der Waals surface area contributed by atoms with Crippen LogP contribution < -0.4 is 5.32 Å². The van der Waals surface area contributed by atoms with Gasteiger partial charge in [-0.3, -0.25) is 0 Å². The lowest BCUT2D eigenvalue weighted by Gasteiger charge is -2.41. The number of halogens is 1. The molecule has 1 aliphatic carbocycles. The fourth-order valence-electron chi connectivity index (χ4n) is 3.48. The van der Waals surface area contributed by atoms with Gasteiger partial charge in [0.05, 0.1) is 7.11 Å². The van der Waals surface area contributed by atoms with Crippen molar-refractivity contribution in [2.24, 2.45) is 11.8 Å². The van der Waals surface area contributed by atoms with Gasteiger partial charge in [-0.25, -0.2) is 9.18 Å². The average molecular weight is 279 g/mol. The maximum atomic E-state index is 13.3. The third kappa shape index (κ3) is 3.11. The van der Waals surface area contributed by atoms with E-state index in [0.717, 1.165) is 6.42 Å². The van der Waals surface area contributed by atoms with E-state index in [1.54, 1.807) is 12.1 Å². The molecule has 1 aliphatic rings. The maximum Gasteiger partial charge on any atom is 0.331 e. The van der Waals surface area contributed by atoms with Crippen molar-refractivity contribution in [3.8, 4) is 0 Å². The zero-order valence-corrected chi connectivity index (χ0v) is 12.3. The van der Waals surface area contributed by atoms with Crippen molar-refractivity contribution in [3.63, 3.8) is 0 Å². The largest absolute Gasteiger partial charge is 0.467 e. The second-order valence-corrected chi connectivity index (χ2v) is 6.06. The molecule has 0 aliphatic heterocycles. The molecule has 0 bridgehead atoms. The van der Waals surface area contributed by atoms with Crippen LogP contribution in [-0.4, -0.2) is 18.6 Å². The summed E-state index contributed by atoms with van der Waals surface area (Å²) in [6, 6.07) is 6.22. The Hall–Kier alpha value is -1.58. The summed E-state index contributed by atoms with van der Waals surface area (Å²) in [7, 11) is 1.40. The van der Waals surface area contributed by atoms with Gasteiger partial charge in [0.2, 0.25) is 0 Å². The molecular formula is C16H22FNO2. The fourth-order valence-corrected chi connectivity index (χ4v) is 3.48. The van der Waals surface area contributed by atoms with Gasteiger partial charge in [-0.15, -0.1) is 0 Å². The highest BCUT2D eigenvalue weighted by molar-refractivity contribution is 5.84. The Kier molecular flexibility index (Phi) is 4.31. The number of anilines is 1. The molecule has 2 atom stereocenters. The lowest BCUT2D eigenvalue weighted by atomic mass is 9.71. The van der Waals surface area contributed by atoms with E-state index in [0.29, 0.717) is 30.4 Å². The predicted octanol–water partition coefficient (Wildman–Crippen LogP) is 3.61. The number of benzene rings is 1. The van der Waals surface area contributed by atoms with Gasteiger partial charge in [-0.2, -0.15) is 0 Å². The Balaban J connectivity index is 2.30. The lowest BCUT2D eigenvalue weighted by molar-refractivity contribution is -0.148. The number of carbonyl (C=O) groups is 1. The van der Waals surface area contributed by atoms with Gasteiger partial charge in [0.1, 0.15) is 11.4 Å². The van der Waals surface area contributed by atoms with Crippen molar-refractivity contribution in [2.45, 2.75) is 38.6 Å². The minimum absolute atomic E-state index is 0.264. The number of methoxy groups -OCH3 is 1. The van der Waals surface area contributed by atoms with Crippen LogP contribution in [0.3, 0.4) is 0 Å². The molecule has 1 saturated carbocycles. The van der Waals surface area contributed by atoms with E-state index in [-0.39, 0.29) is 11.8 Å². The third-order valence-corrected chi connectivity index (χ3v) is 3.98. The molecule has 2 unspecified atom stereocenters. The number of carbonyl (C=O) groups excluding carboxylic acids is 1. The van der Waals surface area contributed by atoms with Gasteiger partial charge in [0.25, 0.3) is 0 Å². The third-order valence-electron chi connectivity index (χ3n) is 3.98. The highest BCUT2D eigenvalue weighted by Crippen LogP contribution is 2.39. The van der Waals surface area contributed by atoms with Crippen LogP contribution in [-0.2, 0) is 9.53 Å². The molecule has 0 saturated heterocycles. The molecule has 2 rings (SSSR count). The van der Waals surface area contributed by atoms with Crippen molar-refractivity contribution in [1.29, 1.82) is 0 Å². The molecule has 1 N–H and O–H groups in total. The van der Waals surface area contributed by atoms with Gasteiger partial charge in [-0.05, 0) is 49.3 Å². The molecule has 3 nitrogen and oxygen atoms in total. The fraction of sp³-hybridized carbons (Fsp3) is 0.562. The molecule has 4 heteroatoms. The minimum atomic E-state index is -0.750. The smallest absolute Gasteiger partial charge is 0.331 e. The first-order valence-corrected chi connectivity index (χ1v) is 7.07. The zero-order valence-electron chi connectivity index (χ0n) is 12.3. The Morgan fingerprint density at radius 1 is 1.35 bits per heavy atom. The van der Waals surface area contributed by atoms with Crippen LogP contribution >= 0.6 is 0 Å². The van der Waals surface area contributed by atoms with Gasteiger partial charge < -0.3 is 10.1 Å². The molecule has 1 aromatic rings. The monoisotopic (exact) mass is 279 g/mol. The summed E-state index contributed by atoms with van der Waals surface area (Å²) in [5.74, 6) is 0.282. The van der Waals surface area contributed by atoms with E-state index in [9.17, 15) is 9.18 Å². The topological polar surface area (TPSA) is 38.3 Å². The van der Waals surface area contributed by atoms with Crippen molar-refractivity contribution < 1.29 is 13.9 Å². The number of nitrogens with one attached hydrogen (secondary N) is 1. The molecule has 20 heavy (non-hydrogen) atoms. The van der Waals surface area contributed by atoms with Crippen LogP contribution in [0.15, 0.2) is 24.3 Å². The summed E-state index contributed by atoms with van der Waals surface area (Å²) >= 11 is 0. The Morgan fingerprint density at radius 2 is 2.00 bits per heavy atom. The normalized spacial score (nSPS) is 29.8. The van der Waals surface area contributed by atoms with Crippen LogP contribution in [0, 0.1) is 17.7 Å². The van der Waals surface area contributed by atoms with Gasteiger partial charge in [0.15, 0.2) is 0 Å². The van der Waals surface area contributed by atoms with E-state index >= 15 is 0 Å². The molecule has 0 aromatic heterocycles. The van der Waals surface area contributed by atoms with Crippen LogP contribution in [0.25, 0.3) is 0 Å². The van der Waals surface area contributed by atoms with Crippen molar-refractivity contribution in [2.75, 3.05) is 12.4 Å². The number of hydrogen-bond acceptors (Lipinski definition) is 3. The summed E-state index contributed by atoms with van der Waals surface area (Å²) in [4.78, 5) is 12.3. The first-order valence-electron chi connectivity index (χ1n) is 7.07. The van der Waals surface area contributed by atoms with Crippen LogP contribution in [0.4, 0.5) is 10.1 Å². The molecule has 0 spiro atoms. The molecule has 110 valence electrons. The number of hydrogen-bond donors (Lipinski definition) is 1. The summed E-state index contributed by atoms with van der Waals surface area (Å²) < 4.78 is 18.3. The van der Waals surface area contributed by atoms with Crippen LogP contribution in [0.1, 0.15) is 33.1 Å². The average Bonchev–Trinajstić information content (AvgIpc) is 2.36. The van der Waals surface area contributed by atoms with E-state index < -0.39 is 5.54 Å². The number of rotatable bonds is 3. The minimum Gasteiger partial charge on any atom is -0.467 e. The molecular weight excluding hydrogens is 257 g/mol. The molecule has 1 aromatic carbocycles. The standard InChI is InChI=1S/C16H22FNO2/c1-11-7-12(2)10-16(9-11,15(19)20-3)18-14-6-4-5-13(17)8-14/h4-6,8,11-12,18H,7,9-10H2,1-3H3. The Bertz CT molecular complexity index is 479. The summed E-state index contributed by atoms with van der Waals surface area (Å²) in [5, 5.41) is 3.23. The van der Waals surface area contributed by atoms with Crippen LogP contribution in [0.2, 0.25) is 0 Å². The van der Waals surface area contributed by atoms with E-state index in [1.807, 2.05) is 0 Å². The molecule has 0 radical (unpaired) electrons. The highest BCUT2D eigenvalue weighted by atomic mass is 19.1. The zero-order chi connectivity index (χ0) is 14.8. The van der Waals surface area contributed by atoms with Crippen LogP contribution in [0.5, 0.6) is 0 Å². The number of esters is 1. The summed E-state index contributed by atoms with van der Waals surface area (Å²) in [6.45, 7) is 4.28. The van der Waals surface area contributed by atoms with E-state index in [1.165, 1.54) is 19.2 Å². The van der Waals surface area contributed by atoms with E-state index in [2.05, 4.69) is 19.2 Å². The van der Waals surface area contributed by atoms with Crippen molar-refractivity contribution >= 4 is 11.7 Å². The molecule has 0 heterocycles. The second-order valence-electron chi connectivity index (χ2n) is 6.06. The van der Waals surface area contributed by atoms with Crippen molar-refractivity contribution in [3.05, 3.63) is 30.1 Å². The lowest BCUT2D eigenvalue weighted by Crippen LogP contribution is -2.52. The maximum absolute atomic E-state index is 13.3. The van der Waals surface area contributed by atoms with Gasteiger partial charge in [-0.1, -0.05) is 19.9 Å². The predicted molar refractivity (Wildman–Crippen MR) is 76.9 cm³/mol. The van der Waals surface area contributed by atoms with E-state index in [4.69, 9.17) is 4.74 Å². The quantitative estimate of drug-likeness (QED) is 0.859. The van der Waals surface area contributed by atoms with Gasteiger partial charge in [0, 0.05) is 5.69 Å². The second kappa shape index (κ2) is 5.81. The first kappa shape index (κ1) is 14.8. The molecule has 1 fully saturated rings. The Labute approximate surface area is 119 Å².